The van der Waals surface area contributed by atoms with Crippen LogP contribution in [0, 0.1) is 0 Å². The van der Waals surface area contributed by atoms with E-state index in [4.69, 9.17) is 11.6 Å². The lowest BCUT2D eigenvalue weighted by molar-refractivity contribution is -0.137. The van der Waals surface area contributed by atoms with Crippen molar-refractivity contribution in [2.75, 3.05) is 5.32 Å². The Morgan fingerprint density at radius 2 is 1.85 bits per heavy atom. The molecule has 0 aliphatic carbocycles. The average molecular weight is 380 g/mol. The normalized spacial score (nSPS) is 11.4. The summed E-state index contributed by atoms with van der Waals surface area (Å²) in [6, 6.07) is 8.52. The van der Waals surface area contributed by atoms with E-state index in [-0.39, 0.29) is 0 Å². The van der Waals surface area contributed by atoms with Crippen molar-refractivity contribution < 1.29 is 18.0 Å². The molecule has 3 rings (SSSR count). The highest BCUT2D eigenvalue weighted by atomic mass is 35.5. The van der Waals surface area contributed by atoms with Crippen LogP contribution in [0.5, 0.6) is 0 Å². The van der Waals surface area contributed by atoms with Crippen molar-refractivity contribution in [1.82, 2.24) is 9.55 Å². The van der Waals surface area contributed by atoms with Crippen LogP contribution in [0.1, 0.15) is 15.9 Å². The summed E-state index contributed by atoms with van der Waals surface area (Å²) in [6.07, 6.45) is 0.304. The summed E-state index contributed by atoms with van der Waals surface area (Å²) in [7, 11) is 1.43. The van der Waals surface area contributed by atoms with Crippen molar-refractivity contribution in [1.29, 1.82) is 0 Å². The Morgan fingerprint density at radius 3 is 2.50 bits per heavy atom. The summed E-state index contributed by atoms with van der Waals surface area (Å²) in [5, 5.41) is 3.07. The molecule has 134 valence electrons. The Labute approximate surface area is 152 Å². The van der Waals surface area contributed by atoms with Gasteiger partial charge in [0.05, 0.1) is 23.0 Å². The predicted molar refractivity (Wildman–Crippen MR) is 93.1 cm³/mol. The molecule has 0 aliphatic heterocycles. The number of nitrogens with one attached hydrogen (secondary N) is 1. The Morgan fingerprint density at radius 1 is 1.15 bits per heavy atom. The summed E-state index contributed by atoms with van der Waals surface area (Å²) in [6.45, 7) is 0. The summed E-state index contributed by atoms with van der Waals surface area (Å²) in [5.74, 6) is -0.860. The molecule has 0 unspecified atom stereocenters. The standard InChI is InChI=1S/C18H13ClF3N3O/c1-25-9-14(15(10-25)18(20,21)22)17(26)24-16-8-23-7-6-13(16)11-2-4-12(19)5-3-11/h2-10H,1H3,(H,24,26). The molecule has 0 saturated carbocycles. The lowest BCUT2D eigenvalue weighted by Crippen LogP contribution is -2.17. The van der Waals surface area contributed by atoms with E-state index < -0.39 is 23.2 Å². The van der Waals surface area contributed by atoms with E-state index in [0.29, 0.717) is 16.3 Å². The van der Waals surface area contributed by atoms with Gasteiger partial charge in [0.25, 0.3) is 5.91 Å². The number of nitrogens with zero attached hydrogens (tertiary/aromatic N) is 2. The van der Waals surface area contributed by atoms with Gasteiger partial charge in [-0.15, -0.1) is 0 Å². The smallest absolute Gasteiger partial charge is 0.356 e. The van der Waals surface area contributed by atoms with Gasteiger partial charge < -0.3 is 9.88 Å². The van der Waals surface area contributed by atoms with Crippen molar-refractivity contribution in [2.24, 2.45) is 7.05 Å². The van der Waals surface area contributed by atoms with Gasteiger partial charge in [0.1, 0.15) is 0 Å². The fraction of sp³-hybridized carbons (Fsp3) is 0.111. The molecule has 1 N–H and O–H groups in total. The number of aromatic nitrogens is 2. The van der Waals surface area contributed by atoms with Crippen molar-refractivity contribution in [3.63, 3.8) is 0 Å². The molecule has 0 saturated heterocycles. The first-order valence-electron chi connectivity index (χ1n) is 7.50. The molecule has 2 heterocycles. The van der Waals surface area contributed by atoms with E-state index in [0.717, 1.165) is 18.0 Å². The molecule has 26 heavy (non-hydrogen) atoms. The lowest BCUT2D eigenvalue weighted by Gasteiger charge is -2.12. The number of alkyl halides is 3. The molecular formula is C18H13ClF3N3O. The number of benzene rings is 1. The van der Waals surface area contributed by atoms with Crippen LogP contribution in [0.25, 0.3) is 11.1 Å². The molecule has 0 spiro atoms. The molecule has 1 aromatic carbocycles. The van der Waals surface area contributed by atoms with Gasteiger partial charge in [-0.3, -0.25) is 9.78 Å². The maximum Gasteiger partial charge on any atom is 0.418 e. The Hall–Kier alpha value is -2.80. The Balaban J connectivity index is 1.96. The zero-order chi connectivity index (χ0) is 18.9. The third kappa shape index (κ3) is 3.72. The molecule has 0 fully saturated rings. The van der Waals surface area contributed by atoms with Gasteiger partial charge in [-0.2, -0.15) is 13.2 Å². The maximum absolute atomic E-state index is 13.1. The fourth-order valence-electron chi connectivity index (χ4n) is 2.56. The number of carbonyl (C=O) groups is 1. The minimum Gasteiger partial charge on any atom is -0.356 e. The van der Waals surface area contributed by atoms with E-state index in [9.17, 15) is 18.0 Å². The van der Waals surface area contributed by atoms with Crippen LogP contribution in [-0.2, 0) is 13.2 Å². The first-order valence-corrected chi connectivity index (χ1v) is 7.88. The predicted octanol–water partition coefficient (Wildman–Crippen LogP) is 5.01. The molecule has 4 nitrogen and oxygen atoms in total. The number of carbonyl (C=O) groups excluding carboxylic acids is 1. The average Bonchev–Trinajstić information content (AvgIpc) is 2.99. The molecule has 0 bridgehead atoms. The largest absolute Gasteiger partial charge is 0.418 e. The van der Waals surface area contributed by atoms with Gasteiger partial charge in [0, 0.05) is 36.2 Å². The number of rotatable bonds is 3. The number of aryl methyl sites for hydroxylation is 1. The zero-order valence-corrected chi connectivity index (χ0v) is 14.3. The van der Waals surface area contributed by atoms with E-state index in [1.54, 1.807) is 30.3 Å². The van der Waals surface area contributed by atoms with Gasteiger partial charge in [-0.25, -0.2) is 0 Å². The molecule has 0 radical (unpaired) electrons. The Kier molecular flexibility index (Phi) is 4.73. The number of hydrogen-bond donors (Lipinski definition) is 1. The number of hydrogen-bond acceptors (Lipinski definition) is 2. The summed E-state index contributed by atoms with van der Waals surface area (Å²) < 4.78 is 40.6. The van der Waals surface area contributed by atoms with Crippen LogP contribution in [0.2, 0.25) is 5.02 Å². The van der Waals surface area contributed by atoms with Crippen LogP contribution in [-0.4, -0.2) is 15.5 Å². The number of amides is 1. The third-order valence-corrected chi connectivity index (χ3v) is 3.98. The van der Waals surface area contributed by atoms with Crippen molar-refractivity contribution >= 4 is 23.2 Å². The van der Waals surface area contributed by atoms with Crippen LogP contribution in [0.3, 0.4) is 0 Å². The summed E-state index contributed by atoms with van der Waals surface area (Å²) in [5.41, 5.74) is 0.225. The fourth-order valence-corrected chi connectivity index (χ4v) is 2.68. The number of pyridine rings is 1. The zero-order valence-electron chi connectivity index (χ0n) is 13.5. The Bertz CT molecular complexity index is 949. The van der Waals surface area contributed by atoms with Gasteiger partial charge >= 0.3 is 6.18 Å². The molecule has 0 aliphatic rings. The monoisotopic (exact) mass is 379 g/mol. The summed E-state index contributed by atoms with van der Waals surface area (Å²) in [4.78, 5) is 16.4. The lowest BCUT2D eigenvalue weighted by atomic mass is 10.1. The molecule has 2 aromatic heterocycles. The minimum absolute atomic E-state index is 0.303. The first-order chi connectivity index (χ1) is 12.3. The van der Waals surface area contributed by atoms with Crippen LogP contribution >= 0.6 is 11.6 Å². The highest BCUT2D eigenvalue weighted by molar-refractivity contribution is 6.30. The second kappa shape index (κ2) is 6.84. The van der Waals surface area contributed by atoms with E-state index >= 15 is 0 Å². The molecule has 3 aromatic rings. The van der Waals surface area contributed by atoms with Crippen molar-refractivity contribution in [2.45, 2.75) is 6.18 Å². The van der Waals surface area contributed by atoms with Crippen molar-refractivity contribution in [3.8, 4) is 11.1 Å². The third-order valence-electron chi connectivity index (χ3n) is 3.73. The van der Waals surface area contributed by atoms with Crippen LogP contribution in [0.15, 0.2) is 55.1 Å². The molecule has 8 heteroatoms. The maximum atomic E-state index is 13.1. The minimum atomic E-state index is -4.62. The molecule has 1 amide bonds. The van der Waals surface area contributed by atoms with Crippen molar-refractivity contribution in [3.05, 3.63) is 71.3 Å². The summed E-state index contributed by atoms with van der Waals surface area (Å²) >= 11 is 5.87. The second-order valence-corrected chi connectivity index (χ2v) is 6.07. The topological polar surface area (TPSA) is 46.9 Å². The van der Waals surface area contributed by atoms with E-state index in [1.165, 1.54) is 24.0 Å². The highest BCUT2D eigenvalue weighted by Gasteiger charge is 2.36. The van der Waals surface area contributed by atoms with Gasteiger partial charge in [0.2, 0.25) is 0 Å². The van der Waals surface area contributed by atoms with Gasteiger partial charge in [0.15, 0.2) is 0 Å². The first kappa shape index (κ1) is 18.0. The second-order valence-electron chi connectivity index (χ2n) is 5.63. The van der Waals surface area contributed by atoms with Gasteiger partial charge in [-0.05, 0) is 23.8 Å². The van der Waals surface area contributed by atoms with Crippen LogP contribution < -0.4 is 5.32 Å². The number of halogens is 4. The van der Waals surface area contributed by atoms with Crippen LogP contribution in [0.4, 0.5) is 18.9 Å². The number of anilines is 1. The molecule has 0 atom stereocenters. The van der Waals surface area contributed by atoms with Gasteiger partial charge in [-0.1, -0.05) is 23.7 Å². The SMILES string of the molecule is Cn1cc(C(=O)Nc2cnccc2-c2ccc(Cl)cc2)c(C(F)(F)F)c1. The van der Waals surface area contributed by atoms with E-state index in [2.05, 4.69) is 10.3 Å². The quantitative estimate of drug-likeness (QED) is 0.695. The molecular weight excluding hydrogens is 367 g/mol. The highest BCUT2D eigenvalue weighted by Crippen LogP contribution is 2.34. The van der Waals surface area contributed by atoms with E-state index in [1.807, 2.05) is 0 Å².